The summed E-state index contributed by atoms with van der Waals surface area (Å²) in [7, 11) is 0. The van der Waals surface area contributed by atoms with Gasteiger partial charge in [0, 0.05) is 69.2 Å². The number of benzene rings is 9. The third-order valence-corrected chi connectivity index (χ3v) is 16.1. The maximum absolute atomic E-state index is 4.00. The monoisotopic (exact) mass is 853 g/mol. The summed E-state index contributed by atoms with van der Waals surface area (Å²) in [4.78, 5) is 2.60. The van der Waals surface area contributed by atoms with Gasteiger partial charge in [-0.2, -0.15) is 0 Å². The minimum absolute atomic E-state index is 0.354. The van der Waals surface area contributed by atoms with Crippen LogP contribution in [0.15, 0.2) is 188 Å². The Kier molecular flexibility index (Phi) is 7.63. The molecule has 1 unspecified atom stereocenters. The van der Waals surface area contributed by atoms with E-state index < -0.39 is 0 Å². The third kappa shape index (κ3) is 5.26. The molecule has 0 amide bonds. The molecule has 0 saturated heterocycles. The molecule has 3 aromatic heterocycles. The summed E-state index contributed by atoms with van der Waals surface area (Å²) in [5, 5.41) is 14.4. The zero-order valence-electron chi connectivity index (χ0n) is 35.0. The molecule has 1 aliphatic carbocycles. The number of hydrogen-bond donors (Lipinski definition) is 1. The highest BCUT2D eigenvalue weighted by Gasteiger charge is 2.33. The zero-order valence-corrected chi connectivity index (χ0v) is 36.6. The third-order valence-electron chi connectivity index (χ3n) is 13.8. The van der Waals surface area contributed by atoms with Crippen molar-refractivity contribution >= 4 is 120 Å². The first-order valence-electron chi connectivity index (χ1n) is 22.0. The highest BCUT2D eigenvalue weighted by molar-refractivity contribution is 7.26. The van der Waals surface area contributed by atoms with Gasteiger partial charge in [-0.15, -0.1) is 22.7 Å². The number of nitrogens with one attached hydrogen (secondary N) is 1. The second-order valence-corrected chi connectivity index (χ2v) is 19.7. The van der Waals surface area contributed by atoms with Gasteiger partial charge in [-0.3, -0.25) is 0 Å². The van der Waals surface area contributed by atoms with E-state index in [1.54, 1.807) is 0 Å². The summed E-state index contributed by atoms with van der Waals surface area (Å²) in [6.45, 7) is 2.41. The molecule has 1 aliphatic heterocycles. The van der Waals surface area contributed by atoms with Gasteiger partial charge in [0.05, 0.1) is 27.0 Å². The van der Waals surface area contributed by atoms with Gasteiger partial charge in [0.25, 0.3) is 0 Å². The van der Waals surface area contributed by atoms with Gasteiger partial charge in [-0.25, -0.2) is 0 Å². The van der Waals surface area contributed by atoms with Crippen LogP contribution in [0.5, 0.6) is 0 Å². The van der Waals surface area contributed by atoms with Gasteiger partial charge in [0.2, 0.25) is 0 Å². The van der Waals surface area contributed by atoms with Crippen LogP contribution < -0.4 is 20.0 Å². The summed E-state index contributed by atoms with van der Waals surface area (Å²) in [5.41, 5.74) is 12.8. The maximum atomic E-state index is 4.00. The van der Waals surface area contributed by atoms with Gasteiger partial charge < -0.3 is 14.8 Å². The lowest BCUT2D eigenvalue weighted by Gasteiger charge is -2.42. The van der Waals surface area contributed by atoms with Crippen LogP contribution in [0.4, 0.5) is 22.7 Å². The first-order valence-corrected chi connectivity index (χ1v) is 23.7. The van der Waals surface area contributed by atoms with Gasteiger partial charge in [-0.1, -0.05) is 121 Å². The number of fused-ring (bicyclic) bond motifs is 12. The van der Waals surface area contributed by atoms with E-state index >= 15 is 0 Å². The van der Waals surface area contributed by atoms with Crippen molar-refractivity contribution in [1.29, 1.82) is 0 Å². The van der Waals surface area contributed by atoms with E-state index in [2.05, 4.69) is 222 Å². The lowest BCUT2D eigenvalue weighted by Crippen LogP contribution is -2.46. The average molecular weight is 854 g/mol. The Morgan fingerprint density at radius 2 is 1.28 bits per heavy atom. The average Bonchev–Trinajstić information content (AvgIpc) is 4.01. The van der Waals surface area contributed by atoms with E-state index in [0.717, 1.165) is 17.8 Å². The minimum atomic E-state index is -0.354. The standard InChI is InChI=1S/C59H39N3S2/c1-59(30-29-46-44-19-6-9-23-53(44)63-55(46)35-59)62(41-26-28-52-48(34-41)43-18-5-8-22-51(43)61(52)39-15-3-2-4-16-39)40-17-11-13-36(31-40)37-25-27-42-47-21-12-14-38-32-49-45-20-7-10-24-54(45)64-58(49)57(56(38)47)60-50(42)33-37/h2-29,31-35,60H,30H2,1H3. The van der Waals surface area contributed by atoms with Crippen LogP contribution in [-0.4, -0.2) is 10.1 Å². The molecule has 2 aliphatic rings. The fourth-order valence-electron chi connectivity index (χ4n) is 10.9. The molecule has 64 heavy (non-hydrogen) atoms. The van der Waals surface area contributed by atoms with Crippen LogP contribution in [0.25, 0.3) is 103 Å². The van der Waals surface area contributed by atoms with Crippen molar-refractivity contribution in [2.75, 3.05) is 10.2 Å². The van der Waals surface area contributed by atoms with Gasteiger partial charge in [0.15, 0.2) is 0 Å². The van der Waals surface area contributed by atoms with E-state index in [9.17, 15) is 0 Å². The summed E-state index contributed by atoms with van der Waals surface area (Å²) in [5.74, 6) is 0. The number of para-hydroxylation sites is 2. The Morgan fingerprint density at radius 3 is 2.17 bits per heavy atom. The van der Waals surface area contributed by atoms with Crippen molar-refractivity contribution in [3.8, 4) is 27.9 Å². The molecule has 302 valence electrons. The molecule has 0 bridgehead atoms. The second-order valence-electron chi connectivity index (χ2n) is 17.6. The number of anilines is 4. The Bertz CT molecular complexity index is 4060. The molecule has 0 fully saturated rings. The molecule has 9 aromatic carbocycles. The van der Waals surface area contributed by atoms with Gasteiger partial charge in [-0.05, 0) is 125 Å². The van der Waals surface area contributed by atoms with Crippen molar-refractivity contribution in [2.45, 2.75) is 18.9 Å². The van der Waals surface area contributed by atoms with Crippen LogP contribution in [0.1, 0.15) is 13.3 Å². The molecule has 3 nitrogen and oxygen atoms in total. The molecule has 0 saturated carbocycles. The number of thiophene rings is 2. The summed E-state index contributed by atoms with van der Waals surface area (Å²) in [6, 6.07) is 69.7. The van der Waals surface area contributed by atoms with E-state index in [1.165, 1.54) is 112 Å². The van der Waals surface area contributed by atoms with Crippen molar-refractivity contribution < 1.29 is 0 Å². The van der Waals surface area contributed by atoms with Crippen molar-refractivity contribution in [1.82, 2.24) is 4.57 Å². The van der Waals surface area contributed by atoms with Crippen LogP contribution in [0.3, 0.4) is 0 Å². The quantitative estimate of drug-likeness (QED) is 0.186. The highest BCUT2D eigenvalue weighted by atomic mass is 32.1. The number of nitrogens with zero attached hydrogens (tertiary/aromatic N) is 2. The smallest absolute Gasteiger partial charge is 0.0656 e. The number of rotatable bonds is 5. The van der Waals surface area contributed by atoms with Crippen LogP contribution in [-0.2, 0) is 0 Å². The first-order chi connectivity index (χ1) is 31.6. The number of aromatic nitrogens is 1. The summed E-state index contributed by atoms with van der Waals surface area (Å²) < 4.78 is 7.70. The second kappa shape index (κ2) is 13.5. The van der Waals surface area contributed by atoms with E-state index in [1.807, 2.05) is 22.7 Å². The maximum Gasteiger partial charge on any atom is 0.0656 e. The predicted octanol–water partition coefficient (Wildman–Crippen LogP) is 15.5. The SMILES string of the molecule is CC1(N(c2cccc(-c3ccc4c(c3)Nc3c5sc6ccccc6c5cc5cccc-4c35)c2)c2ccc3c(c2)c2ccccc2n3-c2ccccc2)C=c2sc3ccccc3c2=CC1. The van der Waals surface area contributed by atoms with E-state index in [0.29, 0.717) is 0 Å². The fourth-order valence-corrected chi connectivity index (χ4v) is 13.4. The normalized spacial score (nSPS) is 15.3. The van der Waals surface area contributed by atoms with Crippen molar-refractivity contribution in [2.24, 2.45) is 0 Å². The molecule has 5 heteroatoms. The zero-order chi connectivity index (χ0) is 42.1. The Hall–Kier alpha value is -7.44. The van der Waals surface area contributed by atoms with Gasteiger partial charge in [0.1, 0.15) is 0 Å². The molecule has 4 heterocycles. The van der Waals surface area contributed by atoms with E-state index in [-0.39, 0.29) is 5.54 Å². The predicted molar refractivity (Wildman–Crippen MR) is 277 cm³/mol. The van der Waals surface area contributed by atoms with Crippen LogP contribution in [0.2, 0.25) is 0 Å². The Morgan fingerprint density at radius 1 is 0.547 bits per heavy atom. The van der Waals surface area contributed by atoms with Crippen LogP contribution >= 0.6 is 22.7 Å². The highest BCUT2D eigenvalue weighted by Crippen LogP contribution is 2.51. The topological polar surface area (TPSA) is 20.2 Å². The first kappa shape index (κ1) is 36.1. The Labute approximate surface area is 377 Å². The molecule has 0 radical (unpaired) electrons. The number of hydrogen-bond acceptors (Lipinski definition) is 4. The lowest BCUT2D eigenvalue weighted by molar-refractivity contribution is 0.618. The van der Waals surface area contributed by atoms with Crippen molar-refractivity contribution in [3.05, 3.63) is 198 Å². The van der Waals surface area contributed by atoms with Gasteiger partial charge >= 0.3 is 0 Å². The minimum Gasteiger partial charge on any atom is -0.353 e. The molecule has 1 atom stereocenters. The fraction of sp³-hybridized carbons (Fsp3) is 0.0508. The van der Waals surface area contributed by atoms with Crippen molar-refractivity contribution in [3.63, 3.8) is 0 Å². The lowest BCUT2D eigenvalue weighted by atomic mass is 9.88. The molecule has 1 N–H and O–H groups in total. The largest absolute Gasteiger partial charge is 0.353 e. The van der Waals surface area contributed by atoms with E-state index in [4.69, 9.17) is 0 Å². The molecular formula is C59H39N3S2. The molecule has 12 aromatic rings. The van der Waals surface area contributed by atoms with Crippen LogP contribution in [0, 0.1) is 0 Å². The molecule has 0 spiro atoms. The summed E-state index contributed by atoms with van der Waals surface area (Å²) >= 11 is 3.79. The molecule has 14 rings (SSSR count). The Balaban J connectivity index is 0.939. The summed E-state index contributed by atoms with van der Waals surface area (Å²) in [6.07, 6.45) is 5.88. The molecular weight excluding hydrogens is 815 g/mol.